The number of nitrogens with one attached hydrogen (secondary N) is 1. The van der Waals surface area contributed by atoms with Crippen molar-refractivity contribution in [2.24, 2.45) is 0 Å². The van der Waals surface area contributed by atoms with Crippen molar-refractivity contribution in [2.45, 2.75) is 44.7 Å². The number of hydrogen-bond acceptors (Lipinski definition) is 5. The zero-order valence-electron chi connectivity index (χ0n) is 17.9. The van der Waals surface area contributed by atoms with Gasteiger partial charge in [0.1, 0.15) is 21.2 Å². The van der Waals surface area contributed by atoms with Crippen LogP contribution >= 0.6 is 34.7 Å². The van der Waals surface area contributed by atoms with Gasteiger partial charge in [0.25, 0.3) is 5.91 Å². The summed E-state index contributed by atoms with van der Waals surface area (Å²) in [5, 5.41) is 13.0. The van der Waals surface area contributed by atoms with Crippen LogP contribution in [0.1, 0.15) is 53.3 Å². The lowest BCUT2D eigenvalue weighted by Gasteiger charge is -2.32. The molecule has 1 atom stereocenters. The van der Waals surface area contributed by atoms with Gasteiger partial charge in [0, 0.05) is 11.7 Å². The summed E-state index contributed by atoms with van der Waals surface area (Å²) in [6, 6.07) is 12.7. The summed E-state index contributed by atoms with van der Waals surface area (Å²) in [5.74, 6) is -0.773. The van der Waals surface area contributed by atoms with Crippen LogP contribution in [0, 0.1) is 6.92 Å². The van der Waals surface area contributed by atoms with Crippen LogP contribution in [0.4, 0.5) is 5.69 Å². The number of aryl methyl sites for hydroxylation is 1. The van der Waals surface area contributed by atoms with Crippen LogP contribution in [0.25, 0.3) is 0 Å². The van der Waals surface area contributed by atoms with Crippen molar-refractivity contribution in [3.05, 3.63) is 74.7 Å². The number of benzene rings is 2. The van der Waals surface area contributed by atoms with Gasteiger partial charge in [-0.3, -0.25) is 14.5 Å². The lowest BCUT2D eigenvalue weighted by atomic mass is 10.0. The molecule has 1 aliphatic carbocycles. The topological polar surface area (TPSA) is 82.5 Å². The highest BCUT2D eigenvalue weighted by molar-refractivity contribution is 7.11. The van der Waals surface area contributed by atoms with Crippen LogP contribution in [-0.2, 0) is 4.79 Å². The quantitative estimate of drug-likeness (QED) is 0.437. The van der Waals surface area contributed by atoms with Crippen LogP contribution in [0.5, 0.6) is 5.75 Å². The van der Waals surface area contributed by atoms with Crippen LogP contribution in [0.2, 0.25) is 9.36 Å². The first-order valence-corrected chi connectivity index (χ1v) is 12.2. The van der Waals surface area contributed by atoms with E-state index < -0.39 is 11.9 Å². The van der Waals surface area contributed by atoms with Gasteiger partial charge in [-0.1, -0.05) is 60.3 Å². The van der Waals surface area contributed by atoms with E-state index in [9.17, 15) is 14.7 Å². The molecule has 2 N–H and O–H groups in total. The minimum absolute atomic E-state index is 0.00869. The number of carbonyl (C=O) groups excluding carboxylic acids is 2. The van der Waals surface area contributed by atoms with Crippen LogP contribution < -0.4 is 10.2 Å². The van der Waals surface area contributed by atoms with Gasteiger partial charge in [0.05, 0.1) is 0 Å². The SMILES string of the molecule is Cc1cccc(N(C(=O)c2nsc(Cl)c2Cl)[C@H](C(=O)NC2CCCC2)c2ccc(O)cc2)c1. The molecule has 0 unspecified atom stereocenters. The maximum Gasteiger partial charge on any atom is 0.280 e. The highest BCUT2D eigenvalue weighted by atomic mass is 35.5. The molecule has 0 aliphatic heterocycles. The fraction of sp³-hybridized carbons (Fsp3) is 0.292. The molecule has 2 amide bonds. The van der Waals surface area contributed by atoms with E-state index in [1.807, 2.05) is 25.1 Å². The molecule has 172 valence electrons. The van der Waals surface area contributed by atoms with E-state index in [0.29, 0.717) is 11.3 Å². The molecule has 9 heteroatoms. The van der Waals surface area contributed by atoms with Crippen LogP contribution in [0.3, 0.4) is 0 Å². The van der Waals surface area contributed by atoms with Gasteiger partial charge in [0.2, 0.25) is 5.91 Å². The number of phenolic OH excluding ortho intramolecular Hbond substituents is 1. The first-order chi connectivity index (χ1) is 15.8. The van der Waals surface area contributed by atoms with E-state index in [1.165, 1.54) is 17.0 Å². The molecule has 0 spiro atoms. The highest BCUT2D eigenvalue weighted by Crippen LogP contribution is 2.35. The number of nitrogens with zero attached hydrogens (tertiary/aromatic N) is 2. The normalized spacial score (nSPS) is 14.8. The molecule has 6 nitrogen and oxygen atoms in total. The predicted octanol–water partition coefficient (Wildman–Crippen LogP) is 5.91. The fourth-order valence-electron chi connectivity index (χ4n) is 4.09. The maximum absolute atomic E-state index is 13.8. The summed E-state index contributed by atoms with van der Waals surface area (Å²) in [5.41, 5.74) is 1.99. The Hall–Kier alpha value is -2.61. The van der Waals surface area contributed by atoms with Gasteiger partial charge in [-0.25, -0.2) is 0 Å². The number of hydrogen-bond donors (Lipinski definition) is 2. The Morgan fingerprint density at radius 1 is 1.15 bits per heavy atom. The van der Waals surface area contributed by atoms with Crippen molar-refractivity contribution in [2.75, 3.05) is 4.90 Å². The number of halogens is 2. The molecular weight excluding hydrogens is 481 g/mol. The fourth-order valence-corrected chi connectivity index (χ4v) is 5.08. The average molecular weight is 504 g/mol. The summed E-state index contributed by atoms with van der Waals surface area (Å²) in [6.07, 6.45) is 3.92. The Morgan fingerprint density at radius 2 is 1.85 bits per heavy atom. The van der Waals surface area contributed by atoms with Crippen molar-refractivity contribution >= 4 is 52.2 Å². The van der Waals surface area contributed by atoms with Crippen molar-refractivity contribution in [3.63, 3.8) is 0 Å². The monoisotopic (exact) mass is 503 g/mol. The molecular formula is C24H23Cl2N3O3S. The largest absolute Gasteiger partial charge is 0.508 e. The summed E-state index contributed by atoms with van der Waals surface area (Å²) in [4.78, 5) is 28.9. The van der Waals surface area contributed by atoms with Crippen molar-refractivity contribution in [3.8, 4) is 5.75 Å². The number of rotatable bonds is 6. The van der Waals surface area contributed by atoms with E-state index in [0.717, 1.165) is 42.8 Å². The Labute approximate surface area is 206 Å². The third-order valence-electron chi connectivity index (χ3n) is 5.72. The minimum Gasteiger partial charge on any atom is -0.508 e. The molecule has 1 heterocycles. The number of anilines is 1. The first-order valence-electron chi connectivity index (χ1n) is 10.7. The van der Waals surface area contributed by atoms with Crippen molar-refractivity contribution in [1.29, 1.82) is 0 Å². The Balaban J connectivity index is 1.84. The molecule has 3 aromatic rings. The Morgan fingerprint density at radius 3 is 2.45 bits per heavy atom. The van der Waals surface area contributed by atoms with E-state index in [2.05, 4.69) is 9.69 Å². The van der Waals surface area contributed by atoms with E-state index in [1.54, 1.807) is 18.2 Å². The Bertz CT molecular complexity index is 1160. The molecule has 0 bridgehead atoms. The second kappa shape index (κ2) is 10.1. The molecule has 0 radical (unpaired) electrons. The van der Waals surface area contributed by atoms with E-state index >= 15 is 0 Å². The molecule has 0 saturated heterocycles. The Kier molecular flexibility index (Phi) is 7.22. The van der Waals surface area contributed by atoms with Gasteiger partial charge in [-0.05, 0) is 66.7 Å². The molecule has 1 aromatic heterocycles. The van der Waals surface area contributed by atoms with Gasteiger partial charge in [0.15, 0.2) is 5.69 Å². The molecule has 1 saturated carbocycles. The number of phenols is 1. The first kappa shape index (κ1) is 23.5. The van der Waals surface area contributed by atoms with Crippen molar-refractivity contribution < 1.29 is 14.7 Å². The average Bonchev–Trinajstić information content (AvgIpc) is 3.42. The predicted molar refractivity (Wildman–Crippen MR) is 131 cm³/mol. The van der Waals surface area contributed by atoms with Crippen molar-refractivity contribution in [1.82, 2.24) is 9.69 Å². The van der Waals surface area contributed by atoms with E-state index in [4.69, 9.17) is 23.2 Å². The number of aromatic nitrogens is 1. The van der Waals surface area contributed by atoms with Gasteiger partial charge >= 0.3 is 0 Å². The third-order valence-corrected chi connectivity index (χ3v) is 7.33. The standard InChI is InChI=1S/C24H23Cl2N3O3S/c1-14-5-4-8-17(13-14)29(24(32)20-19(25)22(26)33-28-20)21(15-9-11-18(30)12-10-15)23(31)27-16-6-2-3-7-16/h4-5,8-13,16,21,30H,2-3,6-7H2,1H3,(H,27,31)/t21-/m0/s1. The molecule has 1 aliphatic rings. The summed E-state index contributed by atoms with van der Waals surface area (Å²) >= 11 is 13.3. The maximum atomic E-state index is 13.8. The van der Waals surface area contributed by atoms with Gasteiger partial charge < -0.3 is 10.4 Å². The number of aromatic hydroxyl groups is 1. The van der Waals surface area contributed by atoms with Crippen LogP contribution in [-0.4, -0.2) is 27.3 Å². The lowest BCUT2D eigenvalue weighted by molar-refractivity contribution is -0.123. The zero-order chi connectivity index (χ0) is 23.5. The zero-order valence-corrected chi connectivity index (χ0v) is 20.3. The summed E-state index contributed by atoms with van der Waals surface area (Å²) < 4.78 is 4.36. The highest BCUT2D eigenvalue weighted by Gasteiger charge is 2.36. The summed E-state index contributed by atoms with van der Waals surface area (Å²) in [6.45, 7) is 1.91. The second-order valence-electron chi connectivity index (χ2n) is 8.12. The smallest absolute Gasteiger partial charge is 0.280 e. The molecule has 1 fully saturated rings. The molecule has 4 rings (SSSR count). The van der Waals surface area contributed by atoms with E-state index in [-0.39, 0.29) is 32.8 Å². The number of carbonyl (C=O) groups is 2. The molecule has 33 heavy (non-hydrogen) atoms. The molecule has 2 aromatic carbocycles. The van der Waals surface area contributed by atoms with Gasteiger partial charge in [-0.15, -0.1) is 0 Å². The lowest BCUT2D eigenvalue weighted by Crippen LogP contribution is -2.46. The minimum atomic E-state index is -1.00. The van der Waals surface area contributed by atoms with Gasteiger partial charge in [-0.2, -0.15) is 4.37 Å². The summed E-state index contributed by atoms with van der Waals surface area (Å²) in [7, 11) is 0. The van der Waals surface area contributed by atoms with Crippen LogP contribution in [0.15, 0.2) is 48.5 Å². The third kappa shape index (κ3) is 5.16. The number of amides is 2. The second-order valence-corrected chi connectivity index (χ2v) is 9.87.